The molecule has 0 radical (unpaired) electrons. The minimum absolute atomic E-state index is 0.159. The number of carboxylic acid groups (broad SMARTS) is 1. The van der Waals surface area contributed by atoms with Gasteiger partial charge in [0.1, 0.15) is 5.54 Å². The van der Waals surface area contributed by atoms with Crippen LogP contribution in [-0.4, -0.2) is 78.2 Å². The van der Waals surface area contributed by atoms with Gasteiger partial charge in [-0.2, -0.15) is 0 Å². The highest BCUT2D eigenvalue weighted by atomic mass is 35.5. The van der Waals surface area contributed by atoms with Crippen LogP contribution in [0.3, 0.4) is 0 Å². The van der Waals surface area contributed by atoms with Crippen molar-refractivity contribution in [1.29, 1.82) is 0 Å². The quantitative estimate of drug-likeness (QED) is 0.515. The number of carbonyl (C=O) groups is 3. The van der Waals surface area contributed by atoms with Gasteiger partial charge < -0.3 is 19.6 Å². The Labute approximate surface area is 198 Å². The highest BCUT2D eigenvalue weighted by molar-refractivity contribution is 6.35. The predicted octanol–water partition coefficient (Wildman–Crippen LogP) is 3.74. The molecule has 0 atom stereocenters. The van der Waals surface area contributed by atoms with Gasteiger partial charge >= 0.3 is 6.03 Å². The van der Waals surface area contributed by atoms with Crippen molar-refractivity contribution in [1.82, 2.24) is 9.80 Å². The smallest absolute Gasteiger partial charge is 0.332 e. The Kier molecular flexibility index (Phi) is 8.38. The molecule has 1 N–H and O–H groups in total. The molecule has 10 heteroatoms. The third kappa shape index (κ3) is 5.03. The van der Waals surface area contributed by atoms with E-state index < -0.39 is 5.54 Å². The maximum atomic E-state index is 13.5. The van der Waals surface area contributed by atoms with Gasteiger partial charge in [-0.15, -0.1) is 0 Å². The first-order chi connectivity index (χ1) is 15.4. The molecule has 0 aromatic heterocycles. The largest absolute Gasteiger partial charge is 0.483 e. The average Bonchev–Trinajstić information content (AvgIpc) is 2.96. The second kappa shape index (κ2) is 10.8. The third-order valence-electron chi connectivity index (χ3n) is 6.50. The number of urea groups is 1. The van der Waals surface area contributed by atoms with E-state index in [4.69, 9.17) is 37.8 Å². The normalized spacial score (nSPS) is 21.6. The second-order valence-electron chi connectivity index (χ2n) is 8.29. The van der Waals surface area contributed by atoms with Crippen LogP contribution in [0, 0.1) is 5.92 Å². The molecule has 176 valence electrons. The van der Waals surface area contributed by atoms with Crippen molar-refractivity contribution >= 4 is 47.3 Å². The van der Waals surface area contributed by atoms with Gasteiger partial charge in [-0.25, -0.2) is 9.69 Å². The van der Waals surface area contributed by atoms with Crippen molar-refractivity contribution in [3.05, 3.63) is 28.2 Å². The molecule has 1 aromatic carbocycles. The fourth-order valence-electron chi connectivity index (χ4n) is 4.93. The van der Waals surface area contributed by atoms with Crippen LogP contribution in [0.5, 0.6) is 0 Å². The lowest BCUT2D eigenvalue weighted by atomic mass is 9.85. The zero-order valence-corrected chi connectivity index (χ0v) is 19.6. The first-order valence-corrected chi connectivity index (χ1v) is 11.6. The molecule has 3 aliphatic rings. The van der Waals surface area contributed by atoms with E-state index in [9.17, 15) is 9.59 Å². The Bertz CT molecular complexity index is 819. The van der Waals surface area contributed by atoms with E-state index in [1.165, 1.54) is 4.90 Å². The lowest BCUT2D eigenvalue weighted by Crippen LogP contribution is -2.57. The van der Waals surface area contributed by atoms with Crippen molar-refractivity contribution in [2.24, 2.45) is 5.92 Å². The summed E-state index contributed by atoms with van der Waals surface area (Å²) >= 11 is 12.2. The topological polar surface area (TPSA) is 90.4 Å². The number of halogens is 2. The minimum Gasteiger partial charge on any atom is -0.483 e. The molecule has 32 heavy (non-hydrogen) atoms. The Morgan fingerprint density at radius 3 is 2.22 bits per heavy atom. The molecule has 0 saturated carbocycles. The van der Waals surface area contributed by atoms with E-state index in [1.807, 2.05) is 6.92 Å². The molecule has 3 fully saturated rings. The number of anilines is 1. The molecule has 3 aliphatic heterocycles. The summed E-state index contributed by atoms with van der Waals surface area (Å²) in [5.41, 5.74) is -0.329. The zero-order chi connectivity index (χ0) is 23.3. The van der Waals surface area contributed by atoms with Crippen LogP contribution in [-0.2, 0) is 14.3 Å². The number of piperidine rings is 1. The highest BCUT2D eigenvalue weighted by Gasteiger charge is 2.57. The van der Waals surface area contributed by atoms with Crippen LogP contribution in [0.1, 0.15) is 32.6 Å². The van der Waals surface area contributed by atoms with E-state index in [2.05, 4.69) is 4.90 Å². The highest BCUT2D eigenvalue weighted by Crippen LogP contribution is 2.40. The number of ether oxygens (including phenoxy) is 1. The third-order valence-corrected chi connectivity index (χ3v) is 6.94. The summed E-state index contributed by atoms with van der Waals surface area (Å²) in [5.74, 6) is 0.500. The number of imide groups is 1. The van der Waals surface area contributed by atoms with Crippen molar-refractivity contribution in [2.45, 2.75) is 38.1 Å². The summed E-state index contributed by atoms with van der Waals surface area (Å²) in [5, 5.41) is 7.70. The molecule has 0 bridgehead atoms. The van der Waals surface area contributed by atoms with E-state index in [0.29, 0.717) is 41.0 Å². The van der Waals surface area contributed by atoms with Crippen LogP contribution >= 0.6 is 23.2 Å². The maximum absolute atomic E-state index is 13.5. The summed E-state index contributed by atoms with van der Waals surface area (Å²) in [4.78, 5) is 40.5. The van der Waals surface area contributed by atoms with Gasteiger partial charge in [0.05, 0.1) is 5.69 Å². The summed E-state index contributed by atoms with van der Waals surface area (Å²) in [6.07, 6.45) is 3.51. The molecule has 3 amide bonds. The summed E-state index contributed by atoms with van der Waals surface area (Å²) in [6, 6.07) is 4.56. The molecule has 3 saturated heterocycles. The van der Waals surface area contributed by atoms with Crippen LogP contribution in [0.15, 0.2) is 18.2 Å². The van der Waals surface area contributed by atoms with Crippen molar-refractivity contribution in [3.63, 3.8) is 0 Å². The van der Waals surface area contributed by atoms with Crippen molar-refractivity contribution in [3.8, 4) is 0 Å². The molecular weight excluding hydrogens is 457 g/mol. The van der Waals surface area contributed by atoms with Gasteiger partial charge in [0.15, 0.2) is 0 Å². The van der Waals surface area contributed by atoms with Gasteiger partial charge in [0, 0.05) is 49.4 Å². The maximum Gasteiger partial charge on any atom is 0.332 e. The number of likely N-dealkylation sites (N-methyl/N-ethyl adjacent to an activating group) is 1. The van der Waals surface area contributed by atoms with Gasteiger partial charge in [-0.1, -0.05) is 23.2 Å². The predicted molar refractivity (Wildman–Crippen MR) is 122 cm³/mol. The van der Waals surface area contributed by atoms with Crippen LogP contribution in [0.25, 0.3) is 0 Å². The van der Waals surface area contributed by atoms with E-state index in [0.717, 1.165) is 45.7 Å². The van der Waals surface area contributed by atoms with Gasteiger partial charge in [-0.05, 0) is 56.7 Å². The van der Waals surface area contributed by atoms with Crippen LogP contribution < -0.4 is 4.90 Å². The SMILES string of the molecule is CCN1C(=O)N(c2cc(Cl)cc(Cl)c2)C(=O)C12CCN(CC1CCOCC1)CC2.O=CO. The number of amides is 3. The standard InChI is InChI=1S/C21H27Cl2N3O3.CH2O2/c1-2-25-20(28)26(18-12-16(22)11-17(23)13-18)19(27)21(25)5-7-24(8-6-21)14-15-3-9-29-10-4-15;2-1-3/h11-13,15H,2-10,14H2,1H3;1H,(H,2,3). The van der Waals surface area contributed by atoms with Gasteiger partial charge in [0.25, 0.3) is 12.4 Å². The molecule has 1 aromatic rings. The number of benzene rings is 1. The second-order valence-corrected chi connectivity index (χ2v) is 9.16. The Morgan fingerprint density at radius 1 is 1.12 bits per heavy atom. The number of hydrogen-bond donors (Lipinski definition) is 1. The molecule has 0 aliphatic carbocycles. The first kappa shape index (κ1) is 24.8. The van der Waals surface area contributed by atoms with Crippen molar-refractivity contribution < 1.29 is 24.2 Å². The lowest BCUT2D eigenvalue weighted by molar-refractivity contribution is -0.127. The van der Waals surface area contributed by atoms with Crippen LogP contribution in [0.4, 0.5) is 10.5 Å². The molecule has 4 rings (SSSR count). The fourth-order valence-corrected chi connectivity index (χ4v) is 5.45. The number of likely N-dealkylation sites (tertiary alicyclic amines) is 1. The molecule has 8 nitrogen and oxygen atoms in total. The van der Waals surface area contributed by atoms with E-state index >= 15 is 0 Å². The lowest BCUT2D eigenvalue weighted by Gasteiger charge is -2.43. The van der Waals surface area contributed by atoms with Gasteiger partial charge in [0.2, 0.25) is 0 Å². The molecule has 0 unspecified atom stereocenters. The van der Waals surface area contributed by atoms with E-state index in [1.54, 1.807) is 23.1 Å². The number of nitrogens with zero attached hydrogens (tertiary/aromatic N) is 3. The number of rotatable bonds is 4. The number of hydrogen-bond acceptors (Lipinski definition) is 5. The number of carbonyl (C=O) groups excluding carboxylic acids is 2. The zero-order valence-electron chi connectivity index (χ0n) is 18.1. The fraction of sp³-hybridized carbons (Fsp3) is 0.591. The van der Waals surface area contributed by atoms with E-state index in [-0.39, 0.29) is 18.4 Å². The van der Waals surface area contributed by atoms with Crippen LogP contribution in [0.2, 0.25) is 10.0 Å². The first-order valence-electron chi connectivity index (χ1n) is 10.9. The Morgan fingerprint density at radius 2 is 1.69 bits per heavy atom. The molecule has 1 spiro atoms. The Hall–Kier alpha value is -1.87. The summed E-state index contributed by atoms with van der Waals surface area (Å²) < 4.78 is 5.46. The monoisotopic (exact) mass is 485 g/mol. The summed E-state index contributed by atoms with van der Waals surface area (Å²) in [7, 11) is 0. The molecule has 3 heterocycles. The molecular formula is C22H29Cl2N3O5. The van der Waals surface area contributed by atoms with Gasteiger partial charge in [-0.3, -0.25) is 9.59 Å². The average molecular weight is 486 g/mol. The van der Waals surface area contributed by atoms with Crippen molar-refractivity contribution in [2.75, 3.05) is 44.3 Å². The minimum atomic E-state index is -0.771. The summed E-state index contributed by atoms with van der Waals surface area (Å²) in [6.45, 7) is 6.53. The Balaban J connectivity index is 0.000000913.